The van der Waals surface area contributed by atoms with E-state index in [2.05, 4.69) is 26.9 Å². The van der Waals surface area contributed by atoms with Crippen molar-refractivity contribution in [2.24, 2.45) is 13.0 Å². The molecule has 0 radical (unpaired) electrons. The number of nitrogens with zero attached hydrogens (tertiary/aromatic N) is 4. The third-order valence-electron chi connectivity index (χ3n) is 5.31. The van der Waals surface area contributed by atoms with Crippen molar-refractivity contribution in [2.75, 3.05) is 13.1 Å². The summed E-state index contributed by atoms with van der Waals surface area (Å²) in [5.41, 5.74) is 0.540. The minimum absolute atomic E-state index is 0.0434. The number of amides is 1. The predicted molar refractivity (Wildman–Crippen MR) is 95.0 cm³/mol. The SMILES string of the molecule is Cn1ccnc1[C@@H](NC1CCN(C(=O)c2ccccn2)CC1)C1CC1. The van der Waals surface area contributed by atoms with Gasteiger partial charge in [0.15, 0.2) is 0 Å². The summed E-state index contributed by atoms with van der Waals surface area (Å²) in [5, 5.41) is 3.82. The molecule has 0 spiro atoms. The van der Waals surface area contributed by atoms with Crippen molar-refractivity contribution in [2.45, 2.75) is 37.8 Å². The van der Waals surface area contributed by atoms with Gasteiger partial charge in [0.25, 0.3) is 5.91 Å². The van der Waals surface area contributed by atoms with E-state index in [1.807, 2.05) is 29.4 Å². The van der Waals surface area contributed by atoms with E-state index in [9.17, 15) is 4.79 Å². The van der Waals surface area contributed by atoms with Gasteiger partial charge in [-0.15, -0.1) is 0 Å². The van der Waals surface area contributed by atoms with Gasteiger partial charge in [-0.2, -0.15) is 0 Å². The number of piperidine rings is 1. The summed E-state index contributed by atoms with van der Waals surface area (Å²) in [6.45, 7) is 1.57. The van der Waals surface area contributed by atoms with Crippen LogP contribution in [0.15, 0.2) is 36.8 Å². The Morgan fingerprint density at radius 2 is 1.96 bits per heavy atom. The number of aromatic nitrogens is 3. The van der Waals surface area contributed by atoms with Crippen LogP contribution in [0, 0.1) is 5.92 Å². The second-order valence-corrected chi connectivity index (χ2v) is 7.16. The molecule has 6 heteroatoms. The van der Waals surface area contributed by atoms with Crippen molar-refractivity contribution >= 4 is 5.91 Å². The number of likely N-dealkylation sites (tertiary alicyclic amines) is 1. The summed E-state index contributed by atoms with van der Waals surface area (Å²) >= 11 is 0. The fourth-order valence-corrected chi connectivity index (χ4v) is 3.68. The number of nitrogens with one attached hydrogen (secondary N) is 1. The van der Waals surface area contributed by atoms with Gasteiger partial charge in [-0.3, -0.25) is 9.78 Å². The molecule has 2 fully saturated rings. The smallest absolute Gasteiger partial charge is 0.272 e. The maximum Gasteiger partial charge on any atom is 0.272 e. The molecule has 6 nitrogen and oxygen atoms in total. The second-order valence-electron chi connectivity index (χ2n) is 7.16. The molecule has 1 N–H and O–H groups in total. The molecular formula is C19H25N5O. The average Bonchev–Trinajstić information content (AvgIpc) is 3.41. The Morgan fingerprint density at radius 1 is 1.16 bits per heavy atom. The number of aryl methyl sites for hydroxylation is 1. The minimum Gasteiger partial charge on any atom is -0.337 e. The van der Waals surface area contributed by atoms with Crippen LogP contribution in [-0.2, 0) is 7.05 Å². The van der Waals surface area contributed by atoms with Crippen LogP contribution in [0.25, 0.3) is 0 Å². The van der Waals surface area contributed by atoms with Gasteiger partial charge in [0, 0.05) is 44.8 Å². The Hall–Kier alpha value is -2.21. The zero-order valence-electron chi connectivity index (χ0n) is 14.6. The summed E-state index contributed by atoms with van der Waals surface area (Å²) in [4.78, 5) is 23.2. The van der Waals surface area contributed by atoms with Crippen molar-refractivity contribution in [3.05, 3.63) is 48.3 Å². The van der Waals surface area contributed by atoms with Crippen LogP contribution in [0.3, 0.4) is 0 Å². The lowest BCUT2D eigenvalue weighted by molar-refractivity contribution is 0.0694. The molecule has 1 saturated heterocycles. The first-order chi connectivity index (χ1) is 12.2. The maximum atomic E-state index is 12.5. The first-order valence-electron chi connectivity index (χ1n) is 9.16. The molecule has 1 aliphatic heterocycles. The zero-order valence-corrected chi connectivity index (χ0v) is 14.6. The summed E-state index contributed by atoms with van der Waals surface area (Å²) in [7, 11) is 2.06. The third-order valence-corrected chi connectivity index (χ3v) is 5.31. The normalized spacial score (nSPS) is 19.8. The van der Waals surface area contributed by atoms with E-state index >= 15 is 0 Å². The van der Waals surface area contributed by atoms with E-state index in [1.54, 1.807) is 12.3 Å². The van der Waals surface area contributed by atoms with Crippen molar-refractivity contribution in [1.82, 2.24) is 24.8 Å². The predicted octanol–water partition coefficient (Wildman–Crippen LogP) is 2.16. The Balaban J connectivity index is 1.35. The highest BCUT2D eigenvalue weighted by Gasteiger charge is 2.36. The zero-order chi connectivity index (χ0) is 17.2. The van der Waals surface area contributed by atoms with Crippen LogP contribution in [-0.4, -0.2) is 44.5 Å². The van der Waals surface area contributed by atoms with Crippen LogP contribution in [0.1, 0.15) is 48.0 Å². The van der Waals surface area contributed by atoms with Gasteiger partial charge in [0.05, 0.1) is 6.04 Å². The summed E-state index contributed by atoms with van der Waals surface area (Å²) < 4.78 is 2.12. The molecule has 1 aliphatic carbocycles. The molecule has 25 heavy (non-hydrogen) atoms. The fourth-order valence-electron chi connectivity index (χ4n) is 3.68. The molecule has 1 amide bonds. The second kappa shape index (κ2) is 6.96. The molecule has 1 saturated carbocycles. The van der Waals surface area contributed by atoms with E-state index in [0.717, 1.165) is 31.8 Å². The van der Waals surface area contributed by atoms with Crippen LogP contribution in [0.5, 0.6) is 0 Å². The number of carbonyl (C=O) groups excluding carboxylic acids is 1. The Bertz CT molecular complexity index is 716. The Morgan fingerprint density at radius 3 is 2.56 bits per heavy atom. The summed E-state index contributed by atoms with van der Waals surface area (Å²) in [6, 6.07) is 6.26. The molecule has 0 bridgehead atoms. The summed E-state index contributed by atoms with van der Waals surface area (Å²) in [5.74, 6) is 1.88. The van der Waals surface area contributed by atoms with Gasteiger partial charge < -0.3 is 14.8 Å². The molecule has 2 aromatic rings. The molecular weight excluding hydrogens is 314 g/mol. The number of pyridine rings is 1. The third kappa shape index (κ3) is 3.58. The van der Waals surface area contributed by atoms with Crippen molar-refractivity contribution in [1.29, 1.82) is 0 Å². The number of rotatable bonds is 5. The highest BCUT2D eigenvalue weighted by molar-refractivity contribution is 5.92. The van der Waals surface area contributed by atoms with E-state index in [4.69, 9.17) is 0 Å². The maximum absolute atomic E-state index is 12.5. The Kier molecular flexibility index (Phi) is 4.53. The van der Waals surface area contributed by atoms with Gasteiger partial charge in [-0.25, -0.2) is 4.98 Å². The highest BCUT2D eigenvalue weighted by Crippen LogP contribution is 2.41. The molecule has 2 aromatic heterocycles. The van der Waals surface area contributed by atoms with E-state index < -0.39 is 0 Å². The monoisotopic (exact) mass is 339 g/mol. The molecule has 3 heterocycles. The van der Waals surface area contributed by atoms with Crippen molar-refractivity contribution in [3.63, 3.8) is 0 Å². The molecule has 4 rings (SSSR count). The highest BCUT2D eigenvalue weighted by atomic mass is 16.2. The lowest BCUT2D eigenvalue weighted by atomic mass is 10.0. The first-order valence-corrected chi connectivity index (χ1v) is 9.16. The van der Waals surface area contributed by atoms with E-state index in [-0.39, 0.29) is 5.91 Å². The van der Waals surface area contributed by atoms with Gasteiger partial charge in [-0.1, -0.05) is 6.07 Å². The van der Waals surface area contributed by atoms with E-state index in [1.165, 1.54) is 12.8 Å². The minimum atomic E-state index is 0.0434. The molecule has 132 valence electrons. The fraction of sp³-hybridized carbons (Fsp3) is 0.526. The van der Waals surface area contributed by atoms with Gasteiger partial charge in [0.2, 0.25) is 0 Å². The van der Waals surface area contributed by atoms with Crippen LogP contribution in [0.4, 0.5) is 0 Å². The number of carbonyl (C=O) groups is 1. The molecule has 0 aromatic carbocycles. The van der Waals surface area contributed by atoms with Crippen LogP contribution < -0.4 is 5.32 Å². The molecule has 1 atom stereocenters. The molecule has 2 aliphatic rings. The lowest BCUT2D eigenvalue weighted by Gasteiger charge is -2.34. The lowest BCUT2D eigenvalue weighted by Crippen LogP contribution is -2.46. The van der Waals surface area contributed by atoms with Gasteiger partial charge in [-0.05, 0) is 43.7 Å². The number of hydrogen-bond donors (Lipinski definition) is 1. The van der Waals surface area contributed by atoms with Gasteiger partial charge >= 0.3 is 0 Å². The average molecular weight is 339 g/mol. The van der Waals surface area contributed by atoms with E-state index in [0.29, 0.717) is 23.7 Å². The van der Waals surface area contributed by atoms with Crippen molar-refractivity contribution < 1.29 is 4.79 Å². The van der Waals surface area contributed by atoms with Crippen LogP contribution >= 0.6 is 0 Å². The topological polar surface area (TPSA) is 63.1 Å². The number of hydrogen-bond acceptors (Lipinski definition) is 4. The quantitative estimate of drug-likeness (QED) is 0.907. The number of imidazole rings is 1. The first kappa shape index (κ1) is 16.3. The summed E-state index contributed by atoms with van der Waals surface area (Å²) in [6.07, 6.45) is 10.1. The standard InChI is InChI=1S/C19H25N5O/c1-23-13-10-21-18(23)17(14-5-6-14)22-15-7-11-24(12-8-15)19(25)16-4-2-3-9-20-16/h2-4,9-10,13-15,17,22H,5-8,11-12H2,1H3/t17-/m0/s1. The Labute approximate surface area is 148 Å². The van der Waals surface area contributed by atoms with Crippen LogP contribution in [0.2, 0.25) is 0 Å². The van der Waals surface area contributed by atoms with Gasteiger partial charge in [0.1, 0.15) is 11.5 Å². The largest absolute Gasteiger partial charge is 0.337 e. The van der Waals surface area contributed by atoms with Crippen molar-refractivity contribution in [3.8, 4) is 0 Å². The molecule has 0 unspecified atom stereocenters.